The molecule has 3 N–H and O–H groups in total. The lowest BCUT2D eigenvalue weighted by molar-refractivity contribution is -0.136. The first-order chi connectivity index (χ1) is 17.2. The lowest BCUT2D eigenvalue weighted by atomic mass is 10.1. The monoisotopic (exact) mass is 503 g/mol. The van der Waals surface area contributed by atoms with E-state index in [-0.39, 0.29) is 0 Å². The minimum atomic E-state index is -1.42. The number of amides is 1. The number of aryl methyl sites for hydroxylation is 1. The number of fused-ring (bicyclic) bond motifs is 1. The Morgan fingerprint density at radius 3 is 2.67 bits per heavy atom. The summed E-state index contributed by atoms with van der Waals surface area (Å²) in [7, 11) is 0. The largest absolute Gasteiger partial charge is 0.454 e. The summed E-state index contributed by atoms with van der Waals surface area (Å²) in [4.78, 5) is 24.8. The molecule has 0 bridgehead atoms. The van der Waals surface area contributed by atoms with Crippen molar-refractivity contribution in [2.75, 3.05) is 11.9 Å². The summed E-state index contributed by atoms with van der Waals surface area (Å²) in [6.45, 7) is 5.09. The summed E-state index contributed by atoms with van der Waals surface area (Å²) < 4.78 is 5.84. The molecule has 2 heterocycles. The molecule has 9 heteroatoms. The summed E-state index contributed by atoms with van der Waals surface area (Å²) in [5.74, 6) is 1.31. The molecule has 0 radical (unpaired) electrons. The highest BCUT2D eigenvalue weighted by Crippen LogP contribution is 2.33. The van der Waals surface area contributed by atoms with E-state index in [1.54, 1.807) is 18.3 Å². The van der Waals surface area contributed by atoms with Gasteiger partial charge in [0.1, 0.15) is 29.2 Å². The fourth-order valence-electron chi connectivity index (χ4n) is 3.28. The fraction of sp³-hybridized carbons (Fsp3) is 0.185. The van der Waals surface area contributed by atoms with Gasteiger partial charge < -0.3 is 20.5 Å². The highest BCUT2D eigenvalue weighted by Gasteiger charge is 2.22. The maximum atomic E-state index is 11.8. The Morgan fingerprint density at radius 1 is 1.11 bits per heavy atom. The predicted molar refractivity (Wildman–Crippen MR) is 142 cm³/mol. The second kappa shape index (κ2) is 10.7. The van der Waals surface area contributed by atoms with Crippen LogP contribution in [0.25, 0.3) is 17.0 Å². The summed E-state index contributed by atoms with van der Waals surface area (Å²) in [5, 5.41) is 16.9. The standard InChI is InChI=1S/C27H26ClN5O3/c1-17-6-9-20(15-30-17)36-24-11-8-19(14-22(24)28)33-25-21-13-18(7-10-23(21)31-16-32-25)5-4-12-29-26(34)27(2,3)35/h4-11,13-16,35H,12H2,1-3H3,(H,29,34)(H,31,32,33). The number of nitrogens with zero attached hydrogens (tertiary/aromatic N) is 3. The number of carbonyl (C=O) groups excluding carboxylic acids is 1. The number of hydrogen-bond acceptors (Lipinski definition) is 7. The Kier molecular flexibility index (Phi) is 7.47. The van der Waals surface area contributed by atoms with Crippen molar-refractivity contribution in [1.82, 2.24) is 20.3 Å². The van der Waals surface area contributed by atoms with Gasteiger partial charge in [-0.2, -0.15) is 0 Å². The maximum absolute atomic E-state index is 11.8. The minimum Gasteiger partial charge on any atom is -0.454 e. The molecule has 0 unspecified atom stereocenters. The van der Waals surface area contributed by atoms with Gasteiger partial charge in [0.05, 0.1) is 16.7 Å². The van der Waals surface area contributed by atoms with Crippen LogP contribution in [0.1, 0.15) is 25.1 Å². The lowest BCUT2D eigenvalue weighted by Gasteiger charge is -2.15. The van der Waals surface area contributed by atoms with Crippen LogP contribution in [0.2, 0.25) is 5.02 Å². The number of nitrogens with one attached hydrogen (secondary N) is 2. The Labute approximate surface area is 214 Å². The molecule has 4 aromatic rings. The van der Waals surface area contributed by atoms with Gasteiger partial charge >= 0.3 is 0 Å². The fourth-order valence-corrected chi connectivity index (χ4v) is 3.50. The van der Waals surface area contributed by atoms with E-state index in [9.17, 15) is 9.90 Å². The molecule has 184 valence electrons. The van der Waals surface area contributed by atoms with E-state index in [4.69, 9.17) is 16.3 Å². The Hall–Kier alpha value is -4.01. The lowest BCUT2D eigenvalue weighted by Crippen LogP contribution is -2.41. The van der Waals surface area contributed by atoms with Crippen molar-refractivity contribution in [2.45, 2.75) is 26.4 Å². The summed E-state index contributed by atoms with van der Waals surface area (Å²) in [6.07, 6.45) is 6.83. The van der Waals surface area contributed by atoms with Gasteiger partial charge in [-0.05, 0) is 68.8 Å². The first kappa shape index (κ1) is 25.1. The third-order valence-corrected chi connectivity index (χ3v) is 5.51. The van der Waals surface area contributed by atoms with Gasteiger partial charge in [-0.15, -0.1) is 0 Å². The van der Waals surface area contributed by atoms with Crippen molar-refractivity contribution >= 4 is 46.0 Å². The average molecular weight is 504 g/mol. The molecule has 0 aliphatic carbocycles. The minimum absolute atomic E-state index is 0.294. The predicted octanol–water partition coefficient (Wildman–Crippen LogP) is 5.42. The Bertz CT molecular complexity index is 1420. The van der Waals surface area contributed by atoms with Crippen molar-refractivity contribution in [2.24, 2.45) is 0 Å². The molecule has 36 heavy (non-hydrogen) atoms. The number of halogens is 1. The van der Waals surface area contributed by atoms with Crippen molar-refractivity contribution in [3.8, 4) is 11.5 Å². The number of aromatic nitrogens is 3. The van der Waals surface area contributed by atoms with Crippen LogP contribution >= 0.6 is 11.6 Å². The van der Waals surface area contributed by atoms with Gasteiger partial charge in [0.25, 0.3) is 5.91 Å². The van der Waals surface area contributed by atoms with E-state index in [0.29, 0.717) is 28.9 Å². The molecule has 2 aromatic carbocycles. The number of pyridine rings is 1. The molecule has 0 atom stereocenters. The molecule has 0 saturated heterocycles. The molecule has 8 nitrogen and oxygen atoms in total. The van der Waals surface area contributed by atoms with Gasteiger partial charge in [0, 0.05) is 23.3 Å². The quantitative estimate of drug-likeness (QED) is 0.294. The molecule has 0 saturated carbocycles. The van der Waals surface area contributed by atoms with E-state index in [2.05, 4.69) is 25.6 Å². The van der Waals surface area contributed by atoms with Crippen LogP contribution in [0.5, 0.6) is 11.5 Å². The maximum Gasteiger partial charge on any atom is 0.251 e. The van der Waals surface area contributed by atoms with Crippen LogP contribution in [0.15, 0.2) is 67.1 Å². The number of aliphatic hydroxyl groups is 1. The van der Waals surface area contributed by atoms with Crippen LogP contribution in [-0.2, 0) is 4.79 Å². The number of rotatable bonds is 8. The molecule has 0 aliphatic heterocycles. The number of carbonyl (C=O) groups is 1. The Balaban J connectivity index is 1.49. The molecule has 0 fully saturated rings. The van der Waals surface area contributed by atoms with Crippen LogP contribution in [-0.4, -0.2) is 38.1 Å². The van der Waals surface area contributed by atoms with Crippen molar-refractivity contribution in [3.05, 3.63) is 83.4 Å². The number of ether oxygens (including phenoxy) is 1. The number of benzene rings is 2. The van der Waals surface area contributed by atoms with E-state index in [1.165, 1.54) is 20.2 Å². The normalized spacial score (nSPS) is 11.6. The highest BCUT2D eigenvalue weighted by atomic mass is 35.5. The topological polar surface area (TPSA) is 109 Å². The zero-order chi connectivity index (χ0) is 25.7. The van der Waals surface area contributed by atoms with Crippen LogP contribution in [0.3, 0.4) is 0 Å². The first-order valence-corrected chi connectivity index (χ1v) is 11.7. The molecule has 0 spiro atoms. The second-order valence-electron chi connectivity index (χ2n) is 8.68. The second-order valence-corrected chi connectivity index (χ2v) is 9.09. The van der Waals surface area contributed by atoms with Gasteiger partial charge in [-0.1, -0.05) is 29.8 Å². The van der Waals surface area contributed by atoms with E-state index in [1.807, 2.05) is 55.5 Å². The average Bonchev–Trinajstić information content (AvgIpc) is 2.84. The third-order valence-electron chi connectivity index (χ3n) is 5.21. The molecule has 4 rings (SSSR count). The highest BCUT2D eigenvalue weighted by molar-refractivity contribution is 6.32. The van der Waals surface area contributed by atoms with Gasteiger partial charge in [-0.25, -0.2) is 9.97 Å². The molecule has 0 aliphatic rings. The van der Waals surface area contributed by atoms with Gasteiger partial charge in [-0.3, -0.25) is 9.78 Å². The smallest absolute Gasteiger partial charge is 0.251 e. The van der Waals surface area contributed by atoms with Crippen molar-refractivity contribution < 1.29 is 14.6 Å². The van der Waals surface area contributed by atoms with Crippen molar-refractivity contribution in [3.63, 3.8) is 0 Å². The number of anilines is 2. The van der Waals surface area contributed by atoms with E-state index in [0.717, 1.165) is 27.8 Å². The summed E-state index contributed by atoms with van der Waals surface area (Å²) in [5.41, 5.74) is 1.91. The summed E-state index contributed by atoms with van der Waals surface area (Å²) in [6, 6.07) is 14.9. The van der Waals surface area contributed by atoms with Gasteiger partial charge in [0.15, 0.2) is 0 Å². The van der Waals surface area contributed by atoms with Crippen molar-refractivity contribution in [1.29, 1.82) is 0 Å². The van der Waals surface area contributed by atoms with Crippen LogP contribution < -0.4 is 15.4 Å². The zero-order valence-corrected chi connectivity index (χ0v) is 20.9. The molecular weight excluding hydrogens is 478 g/mol. The zero-order valence-electron chi connectivity index (χ0n) is 20.1. The molecular formula is C27H26ClN5O3. The SMILES string of the molecule is Cc1ccc(Oc2ccc(Nc3ncnc4ccc(C=CCNC(=O)C(C)(C)O)cc34)cc2Cl)cn1. The van der Waals surface area contributed by atoms with Crippen LogP contribution in [0.4, 0.5) is 11.5 Å². The van der Waals surface area contributed by atoms with E-state index >= 15 is 0 Å². The van der Waals surface area contributed by atoms with E-state index < -0.39 is 11.5 Å². The molecule has 1 amide bonds. The van der Waals surface area contributed by atoms with Crippen LogP contribution in [0, 0.1) is 6.92 Å². The number of hydrogen-bond donors (Lipinski definition) is 3. The Morgan fingerprint density at radius 2 is 1.94 bits per heavy atom. The summed E-state index contributed by atoms with van der Waals surface area (Å²) >= 11 is 6.47. The van der Waals surface area contributed by atoms with Gasteiger partial charge in [0.2, 0.25) is 0 Å². The third kappa shape index (κ3) is 6.35. The molecule has 2 aromatic heterocycles. The first-order valence-electron chi connectivity index (χ1n) is 11.3.